The molecule has 0 atom stereocenters. The number of carboxylic acids is 1. The van der Waals surface area contributed by atoms with Crippen LogP contribution < -0.4 is 0 Å². The summed E-state index contributed by atoms with van der Waals surface area (Å²) in [5, 5.41) is 7.63. The molecule has 0 fully saturated rings. The molecular weight excluding hydrogens is 233 g/mol. The van der Waals surface area contributed by atoms with Crippen molar-refractivity contribution in [2.24, 2.45) is 0 Å². The second kappa shape index (κ2) is 3.98. The largest absolute Gasteiger partial charge is 0.481 e. The molecular formula is C7H5Cl2NO4. The van der Waals surface area contributed by atoms with Crippen molar-refractivity contribution in [1.82, 2.24) is 4.90 Å². The minimum absolute atomic E-state index is 0.223. The minimum atomic E-state index is -1.11. The second-order valence-electron chi connectivity index (χ2n) is 2.53. The highest BCUT2D eigenvalue weighted by Gasteiger charge is 2.36. The molecule has 76 valence electrons. The van der Waals surface area contributed by atoms with Crippen molar-refractivity contribution in [1.29, 1.82) is 0 Å². The second-order valence-corrected chi connectivity index (χ2v) is 3.29. The van der Waals surface area contributed by atoms with Crippen molar-refractivity contribution in [2.75, 3.05) is 6.54 Å². The third-order valence-electron chi connectivity index (χ3n) is 1.61. The standard InChI is InChI=1S/C7H5Cl2NO4/c8-4-5(9)7(14)10(6(4)13)2-1-3(11)12/h1-2H2,(H,11,12). The van der Waals surface area contributed by atoms with Gasteiger partial charge in [-0.1, -0.05) is 23.2 Å². The molecule has 0 spiro atoms. The Kier molecular flexibility index (Phi) is 3.13. The van der Waals surface area contributed by atoms with Crippen molar-refractivity contribution >= 4 is 41.0 Å². The molecule has 0 saturated carbocycles. The maximum absolute atomic E-state index is 11.2. The van der Waals surface area contributed by atoms with Crippen LogP contribution in [0.3, 0.4) is 0 Å². The first-order valence-corrected chi connectivity index (χ1v) is 4.34. The van der Waals surface area contributed by atoms with Crippen molar-refractivity contribution in [3.8, 4) is 0 Å². The summed E-state index contributed by atoms with van der Waals surface area (Å²) in [6.45, 7) is -0.223. The van der Waals surface area contributed by atoms with Gasteiger partial charge in [0.25, 0.3) is 11.8 Å². The molecule has 0 saturated heterocycles. The molecule has 0 radical (unpaired) electrons. The van der Waals surface area contributed by atoms with Gasteiger partial charge in [0.05, 0.1) is 6.42 Å². The van der Waals surface area contributed by atoms with Crippen LogP contribution in [0.25, 0.3) is 0 Å². The molecule has 0 aromatic heterocycles. The zero-order valence-corrected chi connectivity index (χ0v) is 8.30. The monoisotopic (exact) mass is 237 g/mol. The predicted molar refractivity (Wildman–Crippen MR) is 47.7 cm³/mol. The molecule has 14 heavy (non-hydrogen) atoms. The number of nitrogens with zero attached hydrogens (tertiary/aromatic N) is 1. The Labute approximate surface area is 88.9 Å². The summed E-state index contributed by atoms with van der Waals surface area (Å²) in [7, 11) is 0. The van der Waals surface area contributed by atoms with Gasteiger partial charge in [0, 0.05) is 6.54 Å². The smallest absolute Gasteiger partial charge is 0.305 e. The van der Waals surface area contributed by atoms with Crippen molar-refractivity contribution < 1.29 is 19.5 Å². The van der Waals surface area contributed by atoms with Gasteiger partial charge in [-0.3, -0.25) is 19.3 Å². The normalized spacial score (nSPS) is 16.9. The van der Waals surface area contributed by atoms with Crippen LogP contribution in [0.1, 0.15) is 6.42 Å². The van der Waals surface area contributed by atoms with Crippen molar-refractivity contribution in [3.05, 3.63) is 10.1 Å². The fraction of sp³-hybridized carbons (Fsp3) is 0.286. The SMILES string of the molecule is O=C(O)CCN1C(=O)C(Cl)=C(Cl)C1=O. The zero-order chi connectivity index (χ0) is 10.9. The van der Waals surface area contributed by atoms with Crippen LogP contribution in [-0.2, 0) is 14.4 Å². The number of carboxylic acid groups (broad SMARTS) is 1. The van der Waals surface area contributed by atoms with Crippen LogP contribution >= 0.6 is 23.2 Å². The molecule has 1 N–H and O–H groups in total. The number of carbonyl (C=O) groups is 3. The highest BCUT2D eigenvalue weighted by atomic mass is 35.5. The number of aliphatic carboxylic acids is 1. The number of halogens is 2. The van der Waals surface area contributed by atoms with Gasteiger partial charge in [-0.15, -0.1) is 0 Å². The lowest BCUT2D eigenvalue weighted by molar-refractivity contribution is -0.140. The molecule has 7 heteroatoms. The zero-order valence-electron chi connectivity index (χ0n) is 6.79. The lowest BCUT2D eigenvalue weighted by atomic mass is 10.4. The Morgan fingerprint density at radius 2 is 1.64 bits per heavy atom. The van der Waals surface area contributed by atoms with E-state index in [0.717, 1.165) is 0 Å². The molecule has 1 aliphatic heterocycles. The van der Waals surface area contributed by atoms with E-state index in [-0.39, 0.29) is 23.0 Å². The molecule has 0 unspecified atom stereocenters. The van der Waals surface area contributed by atoms with Crippen LogP contribution in [0.5, 0.6) is 0 Å². The third-order valence-corrected chi connectivity index (χ3v) is 2.41. The van der Waals surface area contributed by atoms with E-state index in [1.807, 2.05) is 0 Å². The fourth-order valence-electron chi connectivity index (χ4n) is 0.928. The Morgan fingerprint density at radius 1 is 1.21 bits per heavy atom. The average molecular weight is 238 g/mol. The van der Waals surface area contributed by atoms with E-state index in [1.54, 1.807) is 0 Å². The van der Waals surface area contributed by atoms with Gasteiger partial charge in [-0.2, -0.15) is 0 Å². The first-order valence-electron chi connectivity index (χ1n) is 3.58. The average Bonchev–Trinajstić information content (AvgIpc) is 2.29. The fourth-order valence-corrected chi connectivity index (χ4v) is 1.29. The Balaban J connectivity index is 2.72. The van der Waals surface area contributed by atoms with Gasteiger partial charge in [0.1, 0.15) is 10.1 Å². The Morgan fingerprint density at radius 3 is 2.00 bits per heavy atom. The van der Waals surface area contributed by atoms with Gasteiger partial charge >= 0.3 is 5.97 Å². The number of imide groups is 1. The summed E-state index contributed by atoms with van der Waals surface area (Å²) in [4.78, 5) is 33.3. The lowest BCUT2D eigenvalue weighted by Crippen LogP contribution is -2.33. The molecule has 0 aromatic rings. The number of amides is 2. The van der Waals surface area contributed by atoms with E-state index in [9.17, 15) is 14.4 Å². The van der Waals surface area contributed by atoms with E-state index in [1.165, 1.54) is 0 Å². The summed E-state index contributed by atoms with van der Waals surface area (Å²) >= 11 is 10.8. The van der Waals surface area contributed by atoms with Crippen LogP contribution in [0.4, 0.5) is 0 Å². The summed E-state index contributed by atoms with van der Waals surface area (Å²) < 4.78 is 0. The predicted octanol–water partition coefficient (Wildman–Crippen LogP) is 0.519. The molecule has 1 heterocycles. The number of rotatable bonds is 3. The van der Waals surface area contributed by atoms with E-state index in [4.69, 9.17) is 28.3 Å². The summed E-state index contributed by atoms with van der Waals surface area (Å²) in [6, 6.07) is 0. The maximum atomic E-state index is 11.2. The molecule has 5 nitrogen and oxygen atoms in total. The van der Waals surface area contributed by atoms with Gasteiger partial charge < -0.3 is 5.11 Å². The summed E-state index contributed by atoms with van der Waals surface area (Å²) in [6.07, 6.45) is -0.328. The number of carbonyl (C=O) groups excluding carboxylic acids is 2. The van der Waals surface area contributed by atoms with E-state index >= 15 is 0 Å². The molecule has 0 aliphatic carbocycles. The summed E-state index contributed by atoms with van der Waals surface area (Å²) in [5.74, 6) is -2.60. The highest BCUT2D eigenvalue weighted by Crippen LogP contribution is 2.26. The van der Waals surface area contributed by atoms with Gasteiger partial charge in [0.15, 0.2) is 0 Å². The molecule has 0 bridgehead atoms. The Bertz CT molecular complexity index is 326. The van der Waals surface area contributed by atoms with Crippen LogP contribution in [-0.4, -0.2) is 34.3 Å². The lowest BCUT2D eigenvalue weighted by Gasteiger charge is -2.11. The number of hydrogen-bond acceptors (Lipinski definition) is 3. The van der Waals surface area contributed by atoms with Crippen LogP contribution in [0.15, 0.2) is 10.1 Å². The topological polar surface area (TPSA) is 74.7 Å². The van der Waals surface area contributed by atoms with Gasteiger partial charge in [0.2, 0.25) is 0 Å². The quantitative estimate of drug-likeness (QED) is 0.727. The minimum Gasteiger partial charge on any atom is -0.481 e. The molecule has 1 rings (SSSR count). The first-order chi connectivity index (χ1) is 6.45. The van der Waals surface area contributed by atoms with E-state index < -0.39 is 17.8 Å². The summed E-state index contributed by atoms with van der Waals surface area (Å²) in [5.41, 5.74) is 0. The van der Waals surface area contributed by atoms with Crippen LogP contribution in [0.2, 0.25) is 0 Å². The van der Waals surface area contributed by atoms with Gasteiger partial charge in [-0.05, 0) is 0 Å². The van der Waals surface area contributed by atoms with Crippen LogP contribution in [0, 0.1) is 0 Å². The highest BCUT2D eigenvalue weighted by molar-refractivity contribution is 6.58. The van der Waals surface area contributed by atoms with Crippen molar-refractivity contribution in [3.63, 3.8) is 0 Å². The van der Waals surface area contributed by atoms with E-state index in [0.29, 0.717) is 4.90 Å². The maximum Gasteiger partial charge on any atom is 0.305 e. The first kappa shape index (κ1) is 11.0. The molecule has 0 aromatic carbocycles. The van der Waals surface area contributed by atoms with Gasteiger partial charge in [-0.25, -0.2) is 0 Å². The van der Waals surface area contributed by atoms with E-state index in [2.05, 4.69) is 0 Å². The molecule has 2 amide bonds. The number of hydrogen-bond donors (Lipinski definition) is 1. The molecule has 1 aliphatic rings. The third kappa shape index (κ3) is 1.88. The van der Waals surface area contributed by atoms with Crippen molar-refractivity contribution in [2.45, 2.75) is 6.42 Å². The Hall–Kier alpha value is -1.07.